The van der Waals surface area contributed by atoms with Gasteiger partial charge >= 0.3 is 0 Å². The number of H-pyrrole nitrogens is 1. The number of aryl methyl sites for hydroxylation is 1. The normalized spacial score (nSPS) is 10.7. The van der Waals surface area contributed by atoms with E-state index in [1.165, 1.54) is 0 Å². The van der Waals surface area contributed by atoms with Gasteiger partial charge in [-0.1, -0.05) is 0 Å². The molecule has 0 aliphatic heterocycles. The Kier molecular flexibility index (Phi) is 2.37. The molecule has 0 bridgehead atoms. The fourth-order valence-corrected chi connectivity index (χ4v) is 1.55. The number of hydrogen-bond donors (Lipinski definition) is 2. The number of hydrogen-bond acceptors (Lipinski definition) is 2. The first kappa shape index (κ1) is 9.02. The van der Waals surface area contributed by atoms with Crippen LogP contribution in [0.3, 0.4) is 0 Å². The molecule has 14 heavy (non-hydrogen) atoms. The summed E-state index contributed by atoms with van der Waals surface area (Å²) in [6.45, 7) is 0.642. The van der Waals surface area contributed by atoms with Crippen molar-refractivity contribution in [2.24, 2.45) is 12.8 Å². The summed E-state index contributed by atoms with van der Waals surface area (Å²) in [7, 11) is 1.95. The van der Waals surface area contributed by atoms with Crippen LogP contribution < -0.4 is 5.73 Å². The van der Waals surface area contributed by atoms with Gasteiger partial charge in [-0.05, 0) is 18.7 Å². The van der Waals surface area contributed by atoms with E-state index in [1.807, 2.05) is 30.2 Å². The number of nitrogens with zero attached hydrogens (tertiary/aromatic N) is 2. The smallest absolute Gasteiger partial charge is 0.0696 e. The van der Waals surface area contributed by atoms with Gasteiger partial charge in [0.05, 0.1) is 11.4 Å². The molecule has 0 aliphatic carbocycles. The largest absolute Gasteiger partial charge is 0.367 e. The second-order valence-electron chi connectivity index (χ2n) is 3.28. The lowest BCUT2D eigenvalue weighted by Crippen LogP contribution is -2.03. The highest BCUT2D eigenvalue weighted by atomic mass is 15.3. The molecule has 2 heterocycles. The maximum Gasteiger partial charge on any atom is 0.0696 e. The van der Waals surface area contributed by atoms with Crippen LogP contribution in [0.1, 0.15) is 5.69 Å². The van der Waals surface area contributed by atoms with E-state index in [2.05, 4.69) is 16.1 Å². The third-order valence-electron chi connectivity index (χ3n) is 2.22. The maximum absolute atomic E-state index is 5.48. The summed E-state index contributed by atoms with van der Waals surface area (Å²) in [6, 6.07) is 4.11. The Labute approximate surface area is 82.7 Å². The van der Waals surface area contributed by atoms with Crippen molar-refractivity contribution < 1.29 is 0 Å². The van der Waals surface area contributed by atoms with E-state index in [0.29, 0.717) is 6.54 Å². The Balaban J connectivity index is 2.35. The molecule has 74 valence electrons. The van der Waals surface area contributed by atoms with Gasteiger partial charge in [-0.2, -0.15) is 5.10 Å². The number of aromatic amines is 1. The third kappa shape index (κ3) is 1.56. The van der Waals surface area contributed by atoms with E-state index in [-0.39, 0.29) is 0 Å². The zero-order valence-corrected chi connectivity index (χ0v) is 8.20. The van der Waals surface area contributed by atoms with E-state index in [1.54, 1.807) is 0 Å². The molecule has 2 aromatic rings. The SMILES string of the molecule is Cn1nc(CCN)cc1-c1cc[nH]c1. The molecule has 3 N–H and O–H groups in total. The van der Waals surface area contributed by atoms with Crippen molar-refractivity contribution in [3.63, 3.8) is 0 Å². The summed E-state index contributed by atoms with van der Waals surface area (Å²) in [5, 5.41) is 4.38. The van der Waals surface area contributed by atoms with E-state index >= 15 is 0 Å². The minimum atomic E-state index is 0.642. The summed E-state index contributed by atoms with van der Waals surface area (Å²) < 4.78 is 1.88. The average Bonchev–Trinajstić information content (AvgIpc) is 2.74. The van der Waals surface area contributed by atoms with E-state index in [0.717, 1.165) is 23.4 Å². The molecule has 2 rings (SSSR count). The van der Waals surface area contributed by atoms with Gasteiger partial charge in [0.1, 0.15) is 0 Å². The lowest BCUT2D eigenvalue weighted by atomic mass is 10.2. The third-order valence-corrected chi connectivity index (χ3v) is 2.22. The second-order valence-corrected chi connectivity index (χ2v) is 3.28. The lowest BCUT2D eigenvalue weighted by molar-refractivity contribution is 0.745. The topological polar surface area (TPSA) is 59.6 Å². The molecule has 0 amide bonds. The first-order valence-corrected chi connectivity index (χ1v) is 4.67. The lowest BCUT2D eigenvalue weighted by Gasteiger charge is -1.95. The fraction of sp³-hybridized carbons (Fsp3) is 0.300. The van der Waals surface area contributed by atoms with Crippen molar-refractivity contribution in [1.29, 1.82) is 0 Å². The Bertz CT molecular complexity index is 400. The molecule has 0 spiro atoms. The Morgan fingerprint density at radius 2 is 2.43 bits per heavy atom. The van der Waals surface area contributed by atoms with Crippen LogP contribution in [0.2, 0.25) is 0 Å². The molecule has 0 aromatic carbocycles. The minimum Gasteiger partial charge on any atom is -0.367 e. The van der Waals surface area contributed by atoms with Gasteiger partial charge in [0.2, 0.25) is 0 Å². The molecule has 4 heteroatoms. The quantitative estimate of drug-likeness (QED) is 0.756. The molecule has 0 unspecified atom stereocenters. The minimum absolute atomic E-state index is 0.642. The molecule has 0 saturated heterocycles. The van der Waals surface area contributed by atoms with Gasteiger partial charge in [0.25, 0.3) is 0 Å². The number of nitrogens with two attached hydrogens (primary N) is 1. The van der Waals surface area contributed by atoms with Crippen molar-refractivity contribution in [2.75, 3.05) is 6.54 Å². The zero-order chi connectivity index (χ0) is 9.97. The number of aromatic nitrogens is 3. The van der Waals surface area contributed by atoms with Crippen LogP contribution in [-0.2, 0) is 13.5 Å². The van der Waals surface area contributed by atoms with E-state index in [4.69, 9.17) is 5.73 Å². The summed E-state index contributed by atoms with van der Waals surface area (Å²) in [6.07, 6.45) is 4.70. The van der Waals surface area contributed by atoms with Gasteiger partial charge < -0.3 is 10.7 Å². The van der Waals surface area contributed by atoms with Crippen LogP contribution in [0.25, 0.3) is 11.3 Å². The first-order valence-electron chi connectivity index (χ1n) is 4.67. The average molecular weight is 190 g/mol. The molecule has 0 radical (unpaired) electrons. The van der Waals surface area contributed by atoms with Crippen molar-refractivity contribution in [3.05, 3.63) is 30.2 Å². The van der Waals surface area contributed by atoms with Crippen molar-refractivity contribution >= 4 is 0 Å². The summed E-state index contributed by atoms with van der Waals surface area (Å²) >= 11 is 0. The van der Waals surface area contributed by atoms with Crippen LogP contribution in [0.15, 0.2) is 24.5 Å². The monoisotopic (exact) mass is 190 g/mol. The molecular weight excluding hydrogens is 176 g/mol. The standard InChI is InChI=1S/C10H14N4/c1-14-10(8-3-5-12-7-8)6-9(13-14)2-4-11/h3,5-7,12H,2,4,11H2,1H3. The highest BCUT2D eigenvalue weighted by Gasteiger charge is 2.06. The predicted molar refractivity (Wildman–Crippen MR) is 55.8 cm³/mol. The Hall–Kier alpha value is -1.55. The zero-order valence-electron chi connectivity index (χ0n) is 8.20. The fourth-order valence-electron chi connectivity index (χ4n) is 1.55. The van der Waals surface area contributed by atoms with Gasteiger partial charge in [-0.15, -0.1) is 0 Å². The molecule has 0 atom stereocenters. The predicted octanol–water partition coefficient (Wildman–Crippen LogP) is 0.916. The van der Waals surface area contributed by atoms with Crippen LogP contribution in [0.5, 0.6) is 0 Å². The highest BCUT2D eigenvalue weighted by molar-refractivity contribution is 5.58. The second kappa shape index (κ2) is 3.67. The highest BCUT2D eigenvalue weighted by Crippen LogP contribution is 2.18. The molecular formula is C10H14N4. The summed E-state index contributed by atoms with van der Waals surface area (Å²) in [5.74, 6) is 0. The van der Waals surface area contributed by atoms with Crippen LogP contribution in [0.4, 0.5) is 0 Å². The van der Waals surface area contributed by atoms with Crippen molar-refractivity contribution in [1.82, 2.24) is 14.8 Å². The van der Waals surface area contributed by atoms with Gasteiger partial charge in [-0.3, -0.25) is 4.68 Å². The van der Waals surface area contributed by atoms with Gasteiger partial charge in [0, 0.05) is 31.4 Å². The maximum atomic E-state index is 5.48. The van der Waals surface area contributed by atoms with Crippen molar-refractivity contribution in [3.8, 4) is 11.3 Å². The molecule has 4 nitrogen and oxygen atoms in total. The van der Waals surface area contributed by atoms with E-state index < -0.39 is 0 Å². The molecule has 0 saturated carbocycles. The van der Waals surface area contributed by atoms with E-state index in [9.17, 15) is 0 Å². The Morgan fingerprint density at radius 1 is 1.57 bits per heavy atom. The van der Waals surface area contributed by atoms with Crippen molar-refractivity contribution in [2.45, 2.75) is 6.42 Å². The van der Waals surface area contributed by atoms with Gasteiger partial charge in [-0.25, -0.2) is 0 Å². The molecule has 0 fully saturated rings. The summed E-state index contributed by atoms with van der Waals surface area (Å²) in [4.78, 5) is 3.03. The number of nitrogens with one attached hydrogen (secondary N) is 1. The first-order chi connectivity index (χ1) is 6.81. The molecule has 2 aromatic heterocycles. The van der Waals surface area contributed by atoms with Crippen LogP contribution >= 0.6 is 0 Å². The summed E-state index contributed by atoms with van der Waals surface area (Å²) in [5.41, 5.74) is 8.81. The Morgan fingerprint density at radius 3 is 3.07 bits per heavy atom. The van der Waals surface area contributed by atoms with Gasteiger partial charge in [0.15, 0.2) is 0 Å². The van der Waals surface area contributed by atoms with Crippen LogP contribution in [0, 0.1) is 0 Å². The van der Waals surface area contributed by atoms with Crippen LogP contribution in [-0.4, -0.2) is 21.3 Å². The molecule has 0 aliphatic rings. The number of rotatable bonds is 3.